The van der Waals surface area contributed by atoms with Gasteiger partial charge < -0.3 is 4.74 Å². The zero-order valence-corrected chi connectivity index (χ0v) is 15.6. The molecule has 138 valence electrons. The number of benzene rings is 2. The Morgan fingerprint density at radius 1 is 0.964 bits per heavy atom. The monoisotopic (exact) mass is 369 g/mol. The maximum Gasteiger partial charge on any atom is 0.213 e. The largest absolute Gasteiger partial charge is 0.481 e. The van der Waals surface area contributed by atoms with Gasteiger partial charge in [0.05, 0.1) is 35.4 Å². The van der Waals surface area contributed by atoms with Gasteiger partial charge >= 0.3 is 0 Å². The Kier molecular flexibility index (Phi) is 3.83. The molecule has 0 spiro atoms. The van der Waals surface area contributed by atoms with Crippen molar-refractivity contribution in [2.24, 2.45) is 0 Å². The van der Waals surface area contributed by atoms with Crippen molar-refractivity contribution in [2.45, 2.75) is 13.0 Å². The van der Waals surface area contributed by atoms with E-state index in [1.807, 2.05) is 18.2 Å². The van der Waals surface area contributed by atoms with E-state index in [1.165, 1.54) is 5.56 Å². The number of nitrogens with zero attached hydrogens (tertiary/aromatic N) is 4. The molecule has 3 aromatic heterocycles. The Bertz CT molecular complexity index is 1270. The lowest BCUT2D eigenvalue weighted by molar-refractivity contribution is 0.398. The fourth-order valence-electron chi connectivity index (χ4n) is 3.65. The molecule has 1 N–H and O–H groups in total. The SMILES string of the molecule is COc1cc(-c2[nH]n([C@H](C)c3ccccc3)c3cc4ncnc4cc23)ccn1. The van der Waals surface area contributed by atoms with E-state index in [9.17, 15) is 0 Å². The van der Waals surface area contributed by atoms with Crippen LogP contribution in [0, 0.1) is 0 Å². The van der Waals surface area contributed by atoms with E-state index in [-0.39, 0.29) is 6.04 Å². The van der Waals surface area contributed by atoms with Crippen molar-refractivity contribution in [3.63, 3.8) is 0 Å². The van der Waals surface area contributed by atoms with Gasteiger partial charge in [-0.05, 0) is 30.7 Å². The first-order valence-corrected chi connectivity index (χ1v) is 9.14. The summed E-state index contributed by atoms with van der Waals surface area (Å²) in [5, 5.41) is 4.69. The summed E-state index contributed by atoms with van der Waals surface area (Å²) in [5.74, 6) is 0.581. The highest BCUT2D eigenvalue weighted by molar-refractivity contribution is 6.01. The van der Waals surface area contributed by atoms with Crippen molar-refractivity contribution < 1.29 is 4.74 Å². The summed E-state index contributed by atoms with van der Waals surface area (Å²) in [6.07, 6.45) is 3.36. The van der Waals surface area contributed by atoms with E-state index in [0.29, 0.717) is 5.88 Å². The molecule has 5 aromatic rings. The molecule has 6 nitrogen and oxygen atoms in total. The molecule has 1 atom stereocenters. The van der Waals surface area contributed by atoms with Gasteiger partial charge in [-0.1, -0.05) is 30.3 Å². The van der Waals surface area contributed by atoms with Crippen LogP contribution in [0.15, 0.2) is 67.1 Å². The lowest BCUT2D eigenvalue weighted by Crippen LogP contribution is -2.08. The zero-order valence-electron chi connectivity index (χ0n) is 15.6. The minimum atomic E-state index is 0.126. The Morgan fingerprint density at radius 2 is 1.75 bits per heavy atom. The van der Waals surface area contributed by atoms with Crippen LogP contribution in [-0.4, -0.2) is 31.8 Å². The van der Waals surface area contributed by atoms with Crippen molar-refractivity contribution in [1.29, 1.82) is 0 Å². The van der Waals surface area contributed by atoms with Crippen LogP contribution >= 0.6 is 0 Å². The third-order valence-corrected chi connectivity index (χ3v) is 5.15. The lowest BCUT2D eigenvalue weighted by atomic mass is 10.1. The maximum atomic E-state index is 5.32. The first kappa shape index (κ1) is 16.5. The molecular weight excluding hydrogens is 350 g/mol. The molecular formula is C22H19N5O. The predicted octanol–water partition coefficient (Wildman–Crippen LogP) is 4.59. The van der Waals surface area contributed by atoms with Gasteiger partial charge in [0.25, 0.3) is 0 Å². The molecule has 0 saturated heterocycles. The van der Waals surface area contributed by atoms with Gasteiger partial charge in [0.1, 0.15) is 6.33 Å². The molecule has 0 saturated carbocycles. The van der Waals surface area contributed by atoms with Gasteiger partial charge in [0.2, 0.25) is 5.88 Å². The van der Waals surface area contributed by atoms with E-state index in [4.69, 9.17) is 4.74 Å². The van der Waals surface area contributed by atoms with E-state index < -0.39 is 0 Å². The summed E-state index contributed by atoms with van der Waals surface area (Å²) in [6.45, 7) is 2.18. The normalized spacial score (nSPS) is 12.5. The van der Waals surface area contributed by atoms with Crippen LogP contribution < -0.4 is 4.74 Å². The summed E-state index contributed by atoms with van der Waals surface area (Å²) in [7, 11) is 1.62. The Hall–Kier alpha value is -3.67. The Labute approximate surface area is 161 Å². The van der Waals surface area contributed by atoms with E-state index in [0.717, 1.165) is 33.2 Å². The van der Waals surface area contributed by atoms with Gasteiger partial charge in [0, 0.05) is 23.2 Å². The average molecular weight is 369 g/mol. The van der Waals surface area contributed by atoms with Crippen molar-refractivity contribution in [3.05, 3.63) is 72.7 Å². The smallest absolute Gasteiger partial charge is 0.213 e. The standard InChI is InChI=1S/C22H19N5O/c1-14(15-6-4-3-5-7-15)27-20-12-19-18(24-13-25-19)11-17(20)22(26-27)16-8-9-23-21(10-16)28-2/h3-14,26H,1-2H3/t14-/m1/s1. The minimum absolute atomic E-state index is 0.126. The fraction of sp³-hybridized carbons (Fsp3) is 0.136. The summed E-state index contributed by atoms with van der Waals surface area (Å²) in [5.41, 5.74) is 6.09. The van der Waals surface area contributed by atoms with Crippen LogP contribution in [-0.2, 0) is 0 Å². The van der Waals surface area contributed by atoms with Crippen LogP contribution in [0.2, 0.25) is 0 Å². The molecule has 0 fully saturated rings. The number of nitrogens with one attached hydrogen (secondary N) is 1. The van der Waals surface area contributed by atoms with Crippen LogP contribution in [0.1, 0.15) is 18.5 Å². The molecule has 0 radical (unpaired) electrons. The highest BCUT2D eigenvalue weighted by Gasteiger charge is 2.18. The fourth-order valence-corrected chi connectivity index (χ4v) is 3.65. The summed E-state index contributed by atoms with van der Waals surface area (Å²) >= 11 is 0. The van der Waals surface area contributed by atoms with Crippen LogP contribution in [0.25, 0.3) is 33.2 Å². The molecule has 0 bridgehead atoms. The zero-order chi connectivity index (χ0) is 19.1. The first-order valence-electron chi connectivity index (χ1n) is 9.14. The van der Waals surface area contributed by atoms with Gasteiger partial charge in [-0.15, -0.1) is 0 Å². The van der Waals surface area contributed by atoms with Crippen molar-refractivity contribution in [1.82, 2.24) is 24.7 Å². The second-order valence-corrected chi connectivity index (χ2v) is 6.76. The van der Waals surface area contributed by atoms with E-state index in [2.05, 4.69) is 68.1 Å². The number of aromatic amines is 1. The average Bonchev–Trinajstić information content (AvgIpc) is 3.36. The van der Waals surface area contributed by atoms with E-state index in [1.54, 1.807) is 19.6 Å². The van der Waals surface area contributed by atoms with Crippen LogP contribution in [0.3, 0.4) is 0 Å². The highest BCUT2D eigenvalue weighted by Crippen LogP contribution is 2.34. The lowest BCUT2D eigenvalue weighted by Gasteiger charge is -2.15. The molecule has 0 aliphatic carbocycles. The van der Waals surface area contributed by atoms with Gasteiger partial charge in [-0.3, -0.25) is 9.78 Å². The third-order valence-electron chi connectivity index (χ3n) is 5.15. The number of hydrogen-bond acceptors (Lipinski definition) is 4. The van der Waals surface area contributed by atoms with Crippen LogP contribution in [0.5, 0.6) is 5.88 Å². The number of H-pyrrole nitrogens is 1. The number of hydrogen-bond donors (Lipinski definition) is 1. The Balaban J connectivity index is 1.78. The topological polar surface area (TPSA) is 68.6 Å². The molecule has 0 aliphatic heterocycles. The molecule has 0 amide bonds. The number of fused-ring (bicyclic) bond motifs is 2. The molecule has 2 aromatic carbocycles. The number of rotatable bonds is 4. The Morgan fingerprint density at radius 3 is 2.54 bits per heavy atom. The van der Waals surface area contributed by atoms with Crippen molar-refractivity contribution >= 4 is 21.9 Å². The summed E-state index contributed by atoms with van der Waals surface area (Å²) < 4.78 is 7.50. The number of pyridine rings is 1. The van der Waals surface area contributed by atoms with Gasteiger partial charge in [-0.25, -0.2) is 15.0 Å². The molecule has 0 unspecified atom stereocenters. The molecule has 0 aliphatic rings. The van der Waals surface area contributed by atoms with E-state index >= 15 is 0 Å². The van der Waals surface area contributed by atoms with Gasteiger partial charge in [0.15, 0.2) is 0 Å². The number of imidazole rings is 1. The molecule has 5 rings (SSSR count). The second kappa shape index (κ2) is 6.49. The predicted molar refractivity (Wildman–Crippen MR) is 109 cm³/mol. The quantitative estimate of drug-likeness (QED) is 0.503. The van der Waals surface area contributed by atoms with Crippen molar-refractivity contribution in [3.8, 4) is 17.1 Å². The second-order valence-electron chi connectivity index (χ2n) is 6.76. The number of methoxy groups -OCH3 is 1. The minimum Gasteiger partial charge on any atom is -0.481 e. The third kappa shape index (κ3) is 2.62. The summed E-state index contributed by atoms with van der Waals surface area (Å²) in [6, 6.07) is 18.7. The molecule has 28 heavy (non-hydrogen) atoms. The molecule has 3 heterocycles. The van der Waals surface area contributed by atoms with Crippen molar-refractivity contribution in [2.75, 3.05) is 7.11 Å². The van der Waals surface area contributed by atoms with Gasteiger partial charge in [-0.2, -0.15) is 0 Å². The maximum absolute atomic E-state index is 5.32. The molecule has 6 heteroatoms. The summed E-state index contributed by atoms with van der Waals surface area (Å²) in [4.78, 5) is 13.0. The van der Waals surface area contributed by atoms with Crippen LogP contribution in [0.4, 0.5) is 0 Å². The number of aromatic nitrogens is 5. The number of ether oxygens (including phenoxy) is 1. The highest BCUT2D eigenvalue weighted by atomic mass is 16.5. The first-order chi connectivity index (χ1) is 13.7.